The van der Waals surface area contributed by atoms with Crippen molar-refractivity contribution in [1.29, 1.82) is 0 Å². The Bertz CT molecular complexity index is 486. The Morgan fingerprint density at radius 1 is 1.19 bits per heavy atom. The minimum Gasteiger partial charge on any atom is -0.353 e. The Morgan fingerprint density at radius 2 is 1.95 bits per heavy atom. The van der Waals surface area contributed by atoms with Gasteiger partial charge in [-0.05, 0) is 37.5 Å². The molecule has 1 aliphatic carbocycles. The monoisotopic (exact) mass is 289 g/mol. The van der Waals surface area contributed by atoms with E-state index in [1.165, 1.54) is 38.5 Å². The van der Waals surface area contributed by atoms with Gasteiger partial charge < -0.3 is 10.3 Å². The maximum atomic E-state index is 5.66. The van der Waals surface area contributed by atoms with E-state index in [9.17, 15) is 0 Å². The zero-order valence-electron chi connectivity index (χ0n) is 13.2. The predicted molar refractivity (Wildman–Crippen MR) is 86.3 cm³/mol. The fourth-order valence-corrected chi connectivity index (χ4v) is 4.15. The minimum absolute atomic E-state index is 0.358. The molecule has 0 aromatic carbocycles. The van der Waals surface area contributed by atoms with E-state index in [0.717, 1.165) is 29.7 Å². The highest BCUT2D eigenvalue weighted by atomic mass is 15.3. The van der Waals surface area contributed by atoms with Gasteiger partial charge in [-0.3, -0.25) is 0 Å². The van der Waals surface area contributed by atoms with Gasteiger partial charge in [0.1, 0.15) is 18.0 Å². The van der Waals surface area contributed by atoms with Crippen LogP contribution < -0.4 is 16.2 Å². The Morgan fingerprint density at radius 3 is 2.71 bits per heavy atom. The molecule has 5 nitrogen and oxygen atoms in total. The molecule has 5 heteroatoms. The smallest absolute Gasteiger partial charge is 0.148 e. The van der Waals surface area contributed by atoms with Gasteiger partial charge in [0.2, 0.25) is 0 Å². The van der Waals surface area contributed by atoms with Crippen LogP contribution in [0.5, 0.6) is 0 Å². The van der Waals surface area contributed by atoms with E-state index in [4.69, 9.17) is 5.84 Å². The summed E-state index contributed by atoms with van der Waals surface area (Å²) in [5.74, 6) is 8.73. The molecular weight excluding hydrogens is 262 g/mol. The van der Waals surface area contributed by atoms with Crippen molar-refractivity contribution in [2.75, 3.05) is 16.9 Å². The van der Waals surface area contributed by atoms with E-state index in [0.29, 0.717) is 12.0 Å². The molecule has 116 valence electrons. The highest BCUT2D eigenvalue weighted by molar-refractivity contribution is 5.60. The molecule has 1 aromatic heterocycles. The SMILES string of the molecule is CC(C)c1c(NN)ncnc1N1CCC[C@H]2CCCC[C@H]21. The number of piperidine rings is 1. The number of fused-ring (bicyclic) bond motifs is 1. The zero-order chi connectivity index (χ0) is 14.8. The average molecular weight is 289 g/mol. The first-order chi connectivity index (χ1) is 10.2. The van der Waals surface area contributed by atoms with Crippen LogP contribution in [0.3, 0.4) is 0 Å². The lowest BCUT2D eigenvalue weighted by Crippen LogP contribution is -2.47. The van der Waals surface area contributed by atoms with Gasteiger partial charge in [-0.2, -0.15) is 0 Å². The summed E-state index contributed by atoms with van der Waals surface area (Å²) in [5.41, 5.74) is 3.91. The molecule has 0 bridgehead atoms. The maximum Gasteiger partial charge on any atom is 0.148 e. The van der Waals surface area contributed by atoms with Crippen molar-refractivity contribution in [3.05, 3.63) is 11.9 Å². The third kappa shape index (κ3) is 2.71. The van der Waals surface area contributed by atoms with Crippen LogP contribution in [-0.4, -0.2) is 22.6 Å². The Labute approximate surface area is 127 Å². The van der Waals surface area contributed by atoms with Gasteiger partial charge in [0.15, 0.2) is 0 Å². The fraction of sp³-hybridized carbons (Fsp3) is 0.750. The van der Waals surface area contributed by atoms with Crippen LogP contribution in [0.1, 0.15) is 63.9 Å². The molecule has 1 aromatic rings. The van der Waals surface area contributed by atoms with Crippen molar-refractivity contribution in [2.24, 2.45) is 11.8 Å². The summed E-state index contributed by atoms with van der Waals surface area (Å²) in [6.07, 6.45) is 9.72. The first kappa shape index (κ1) is 14.6. The first-order valence-electron chi connectivity index (χ1n) is 8.30. The molecule has 0 amide bonds. The number of hydrogen-bond acceptors (Lipinski definition) is 5. The van der Waals surface area contributed by atoms with Crippen molar-refractivity contribution in [2.45, 2.75) is 64.3 Å². The van der Waals surface area contributed by atoms with Gasteiger partial charge in [-0.25, -0.2) is 15.8 Å². The quantitative estimate of drug-likeness (QED) is 0.661. The number of anilines is 2. The van der Waals surface area contributed by atoms with Crippen LogP contribution in [0.2, 0.25) is 0 Å². The number of nitrogens with two attached hydrogens (primary N) is 1. The molecule has 2 heterocycles. The number of aromatic nitrogens is 2. The number of rotatable bonds is 3. The highest BCUT2D eigenvalue weighted by Crippen LogP contribution is 2.40. The molecule has 2 aliphatic rings. The number of hydrazine groups is 1. The molecule has 2 fully saturated rings. The summed E-state index contributed by atoms with van der Waals surface area (Å²) >= 11 is 0. The van der Waals surface area contributed by atoms with Gasteiger partial charge >= 0.3 is 0 Å². The Kier molecular flexibility index (Phi) is 4.29. The summed E-state index contributed by atoms with van der Waals surface area (Å²) in [6, 6.07) is 0.658. The van der Waals surface area contributed by atoms with E-state index in [2.05, 4.69) is 34.1 Å². The Balaban J connectivity index is 1.98. The summed E-state index contributed by atoms with van der Waals surface area (Å²) in [7, 11) is 0. The normalized spacial score (nSPS) is 25.8. The number of nitrogens with zero attached hydrogens (tertiary/aromatic N) is 3. The molecular formula is C16H27N5. The predicted octanol–water partition coefficient (Wildman–Crippen LogP) is 3.04. The molecule has 21 heavy (non-hydrogen) atoms. The zero-order valence-corrected chi connectivity index (χ0v) is 13.2. The summed E-state index contributed by atoms with van der Waals surface area (Å²) in [6.45, 7) is 5.48. The van der Waals surface area contributed by atoms with Crippen LogP contribution in [0.25, 0.3) is 0 Å². The van der Waals surface area contributed by atoms with Gasteiger partial charge in [-0.15, -0.1) is 0 Å². The molecule has 3 rings (SSSR count). The third-order valence-electron chi connectivity index (χ3n) is 5.09. The van der Waals surface area contributed by atoms with Crippen molar-refractivity contribution in [3.8, 4) is 0 Å². The van der Waals surface area contributed by atoms with Gasteiger partial charge in [0.05, 0.1) is 0 Å². The number of nitrogen functional groups attached to an aromatic ring is 1. The molecule has 1 saturated heterocycles. The van der Waals surface area contributed by atoms with Crippen molar-refractivity contribution in [3.63, 3.8) is 0 Å². The van der Waals surface area contributed by atoms with Crippen LogP contribution in [0, 0.1) is 5.92 Å². The first-order valence-corrected chi connectivity index (χ1v) is 8.30. The molecule has 0 unspecified atom stereocenters. The van der Waals surface area contributed by atoms with Crippen molar-refractivity contribution < 1.29 is 0 Å². The molecule has 3 N–H and O–H groups in total. The second kappa shape index (κ2) is 6.18. The lowest BCUT2D eigenvalue weighted by Gasteiger charge is -2.45. The molecule has 2 atom stereocenters. The van der Waals surface area contributed by atoms with Gasteiger partial charge in [-0.1, -0.05) is 26.7 Å². The standard InChI is InChI=1S/C16H27N5/c1-11(2)14-15(20-17)18-10-19-16(14)21-9-5-7-12-6-3-4-8-13(12)21/h10-13H,3-9,17H2,1-2H3,(H,18,19,20)/t12-,13-/m1/s1. The van der Waals surface area contributed by atoms with E-state index in [1.54, 1.807) is 6.33 Å². The lowest BCUT2D eigenvalue weighted by atomic mass is 9.78. The Hall–Kier alpha value is -1.36. The second-order valence-electron chi connectivity index (χ2n) is 6.71. The van der Waals surface area contributed by atoms with Crippen LogP contribution >= 0.6 is 0 Å². The van der Waals surface area contributed by atoms with Crippen molar-refractivity contribution in [1.82, 2.24) is 9.97 Å². The lowest BCUT2D eigenvalue weighted by molar-refractivity contribution is 0.242. The van der Waals surface area contributed by atoms with Crippen LogP contribution in [-0.2, 0) is 0 Å². The number of nitrogens with one attached hydrogen (secondary N) is 1. The summed E-state index contributed by atoms with van der Waals surface area (Å²) in [5, 5.41) is 0. The summed E-state index contributed by atoms with van der Waals surface area (Å²) in [4.78, 5) is 11.5. The molecule has 0 radical (unpaired) electrons. The highest BCUT2D eigenvalue weighted by Gasteiger charge is 2.35. The largest absolute Gasteiger partial charge is 0.353 e. The van der Waals surface area contributed by atoms with Gasteiger partial charge in [0, 0.05) is 18.2 Å². The average Bonchev–Trinajstić information content (AvgIpc) is 2.53. The molecule has 0 spiro atoms. The maximum absolute atomic E-state index is 5.66. The van der Waals surface area contributed by atoms with Crippen molar-refractivity contribution >= 4 is 11.6 Å². The topological polar surface area (TPSA) is 67.1 Å². The third-order valence-corrected chi connectivity index (χ3v) is 5.09. The van der Waals surface area contributed by atoms with Crippen LogP contribution in [0.4, 0.5) is 11.6 Å². The van der Waals surface area contributed by atoms with E-state index in [-0.39, 0.29) is 0 Å². The second-order valence-corrected chi connectivity index (χ2v) is 6.71. The van der Waals surface area contributed by atoms with Crippen LogP contribution in [0.15, 0.2) is 6.33 Å². The number of hydrogen-bond donors (Lipinski definition) is 2. The van der Waals surface area contributed by atoms with Gasteiger partial charge in [0.25, 0.3) is 0 Å². The van der Waals surface area contributed by atoms with E-state index < -0.39 is 0 Å². The van der Waals surface area contributed by atoms with E-state index in [1.807, 2.05) is 0 Å². The van der Waals surface area contributed by atoms with E-state index >= 15 is 0 Å². The fourth-order valence-electron chi connectivity index (χ4n) is 4.15. The minimum atomic E-state index is 0.358. The molecule has 1 aliphatic heterocycles. The summed E-state index contributed by atoms with van der Waals surface area (Å²) < 4.78 is 0. The molecule has 1 saturated carbocycles.